The maximum Gasteiger partial charge on any atom is 0.250 e. The molecule has 4 nitrogen and oxygen atoms in total. The lowest BCUT2D eigenvalue weighted by atomic mass is 10.2. The lowest BCUT2D eigenvalue weighted by Gasteiger charge is -2.01. The first-order chi connectivity index (χ1) is 5.79. The summed E-state index contributed by atoms with van der Waals surface area (Å²) in [7, 11) is 0. The number of hydrogen-bond donors (Lipinski definition) is 0. The quantitative estimate of drug-likeness (QED) is 0.633. The summed E-state index contributed by atoms with van der Waals surface area (Å²) in [4.78, 5) is 8.20. The molecule has 0 saturated carbocycles. The van der Waals surface area contributed by atoms with Gasteiger partial charge in [-0.15, -0.1) is 0 Å². The molecule has 0 amide bonds. The molecule has 0 fully saturated rings. The molecule has 62 valence electrons. The molecule has 0 N–H and O–H groups in total. The molecule has 0 aliphatic carbocycles. The summed E-state index contributed by atoms with van der Waals surface area (Å²) in [5, 5.41) is 4.15. The highest BCUT2D eigenvalue weighted by Crippen LogP contribution is 2.12. The van der Waals surface area contributed by atoms with Crippen molar-refractivity contribution in [3.63, 3.8) is 0 Å². The molecule has 2 rings (SSSR count). The molecule has 12 heavy (non-hydrogen) atoms. The molecule has 2 heterocycles. The van der Waals surface area contributed by atoms with Gasteiger partial charge in [0.1, 0.15) is 0 Å². The molecule has 0 unspecified atom stereocenters. The van der Waals surface area contributed by atoms with E-state index in [0.717, 1.165) is 5.69 Å². The summed E-state index contributed by atoms with van der Waals surface area (Å²) in [5.41, 5.74) is 1.10. The Morgan fingerprint density at radius 3 is 2.83 bits per heavy atom. The van der Waals surface area contributed by atoms with E-state index in [0.29, 0.717) is 11.7 Å². The predicted molar refractivity (Wildman–Crippen MR) is 44.9 cm³/mol. The van der Waals surface area contributed by atoms with Crippen LogP contribution in [0.5, 0.6) is 0 Å². The lowest BCUT2D eigenvalue weighted by molar-refractivity contribution is 0.751. The SMILES string of the molecule is CC(C)c1cnc2nccnn12. The minimum Gasteiger partial charge on any atom is -0.218 e. The minimum atomic E-state index is 0.428. The summed E-state index contributed by atoms with van der Waals surface area (Å²) in [5.74, 6) is 1.10. The van der Waals surface area contributed by atoms with Gasteiger partial charge in [-0.1, -0.05) is 13.8 Å². The van der Waals surface area contributed by atoms with E-state index in [1.54, 1.807) is 16.9 Å². The van der Waals surface area contributed by atoms with Crippen molar-refractivity contribution in [2.75, 3.05) is 0 Å². The van der Waals surface area contributed by atoms with Gasteiger partial charge in [0.25, 0.3) is 5.78 Å². The normalized spacial score (nSPS) is 11.2. The molecule has 0 aromatic carbocycles. The van der Waals surface area contributed by atoms with Crippen LogP contribution in [-0.2, 0) is 0 Å². The molecule has 0 bridgehead atoms. The van der Waals surface area contributed by atoms with E-state index < -0.39 is 0 Å². The van der Waals surface area contributed by atoms with Crippen LogP contribution in [0.3, 0.4) is 0 Å². The van der Waals surface area contributed by atoms with E-state index >= 15 is 0 Å². The monoisotopic (exact) mass is 162 g/mol. The van der Waals surface area contributed by atoms with E-state index in [9.17, 15) is 0 Å². The van der Waals surface area contributed by atoms with Crippen molar-refractivity contribution in [2.45, 2.75) is 19.8 Å². The van der Waals surface area contributed by atoms with Gasteiger partial charge >= 0.3 is 0 Å². The second kappa shape index (κ2) is 2.55. The van der Waals surface area contributed by atoms with E-state index in [1.165, 1.54) is 0 Å². The Kier molecular flexibility index (Phi) is 1.53. The third kappa shape index (κ3) is 0.958. The highest BCUT2D eigenvalue weighted by Gasteiger charge is 2.06. The molecular formula is C8H10N4. The van der Waals surface area contributed by atoms with E-state index in [2.05, 4.69) is 28.9 Å². The molecule has 2 aromatic heterocycles. The summed E-state index contributed by atoms with van der Waals surface area (Å²) in [6, 6.07) is 0. The molecule has 2 aromatic rings. The van der Waals surface area contributed by atoms with Gasteiger partial charge in [0, 0.05) is 0 Å². The van der Waals surface area contributed by atoms with Crippen molar-refractivity contribution in [3.8, 4) is 0 Å². The number of fused-ring (bicyclic) bond motifs is 1. The zero-order valence-corrected chi connectivity index (χ0v) is 7.10. The van der Waals surface area contributed by atoms with Gasteiger partial charge < -0.3 is 0 Å². The van der Waals surface area contributed by atoms with Crippen LogP contribution in [0.1, 0.15) is 25.5 Å². The Morgan fingerprint density at radius 1 is 1.25 bits per heavy atom. The molecule has 0 spiro atoms. The molecule has 4 heteroatoms. The van der Waals surface area contributed by atoms with Crippen LogP contribution in [-0.4, -0.2) is 19.6 Å². The Balaban J connectivity index is 2.70. The van der Waals surface area contributed by atoms with Crippen LogP contribution in [0.2, 0.25) is 0 Å². The molecule has 0 radical (unpaired) electrons. The van der Waals surface area contributed by atoms with Gasteiger partial charge in [-0.25, -0.2) is 14.5 Å². The van der Waals surface area contributed by atoms with Crippen LogP contribution in [0.25, 0.3) is 5.78 Å². The van der Waals surface area contributed by atoms with E-state index in [1.807, 2.05) is 6.20 Å². The number of nitrogens with zero attached hydrogens (tertiary/aromatic N) is 4. The Bertz CT molecular complexity index is 391. The Labute approximate surface area is 70.3 Å². The van der Waals surface area contributed by atoms with Crippen LogP contribution < -0.4 is 0 Å². The Hall–Kier alpha value is -1.45. The van der Waals surface area contributed by atoms with Crippen LogP contribution in [0.4, 0.5) is 0 Å². The first-order valence-electron chi connectivity index (χ1n) is 3.93. The summed E-state index contributed by atoms with van der Waals surface area (Å²) >= 11 is 0. The fraction of sp³-hybridized carbons (Fsp3) is 0.375. The van der Waals surface area contributed by atoms with Crippen LogP contribution >= 0.6 is 0 Å². The topological polar surface area (TPSA) is 43.1 Å². The van der Waals surface area contributed by atoms with Crippen molar-refractivity contribution in [1.82, 2.24) is 19.6 Å². The zero-order chi connectivity index (χ0) is 8.55. The first-order valence-corrected chi connectivity index (χ1v) is 3.93. The number of rotatable bonds is 1. The summed E-state index contributed by atoms with van der Waals surface area (Å²) in [6.45, 7) is 4.22. The van der Waals surface area contributed by atoms with Crippen molar-refractivity contribution in [1.29, 1.82) is 0 Å². The second-order valence-electron chi connectivity index (χ2n) is 2.99. The molecule has 0 aliphatic heterocycles. The van der Waals surface area contributed by atoms with Crippen molar-refractivity contribution >= 4 is 5.78 Å². The standard InChI is InChI=1S/C8H10N4/c1-6(2)7-5-10-8-9-3-4-11-12(7)8/h3-6H,1-2H3. The number of aromatic nitrogens is 4. The van der Waals surface area contributed by atoms with Crippen molar-refractivity contribution < 1.29 is 0 Å². The smallest absolute Gasteiger partial charge is 0.218 e. The van der Waals surface area contributed by atoms with Gasteiger partial charge in [0.2, 0.25) is 0 Å². The predicted octanol–water partition coefficient (Wildman–Crippen LogP) is 1.25. The fourth-order valence-electron chi connectivity index (χ4n) is 1.15. The third-order valence-electron chi connectivity index (χ3n) is 1.78. The van der Waals surface area contributed by atoms with Crippen molar-refractivity contribution in [2.24, 2.45) is 0 Å². The minimum absolute atomic E-state index is 0.428. The number of hydrogen-bond acceptors (Lipinski definition) is 3. The summed E-state index contributed by atoms with van der Waals surface area (Å²) in [6.07, 6.45) is 5.13. The first kappa shape index (κ1) is 7.21. The largest absolute Gasteiger partial charge is 0.250 e. The van der Waals surface area contributed by atoms with Gasteiger partial charge in [-0.2, -0.15) is 5.10 Å². The maximum atomic E-state index is 4.15. The summed E-state index contributed by atoms with van der Waals surface area (Å²) < 4.78 is 1.77. The average molecular weight is 162 g/mol. The highest BCUT2D eigenvalue weighted by molar-refractivity contribution is 5.28. The highest BCUT2D eigenvalue weighted by atomic mass is 15.3. The van der Waals surface area contributed by atoms with Crippen LogP contribution in [0, 0.1) is 0 Å². The van der Waals surface area contributed by atoms with E-state index in [-0.39, 0.29) is 0 Å². The molecule has 0 aliphatic rings. The molecular weight excluding hydrogens is 152 g/mol. The van der Waals surface area contributed by atoms with Gasteiger partial charge in [0.15, 0.2) is 0 Å². The maximum absolute atomic E-state index is 4.15. The van der Waals surface area contributed by atoms with Gasteiger partial charge in [-0.3, -0.25) is 0 Å². The second-order valence-corrected chi connectivity index (χ2v) is 2.99. The zero-order valence-electron chi connectivity index (χ0n) is 7.10. The van der Waals surface area contributed by atoms with Crippen LogP contribution in [0.15, 0.2) is 18.6 Å². The fourth-order valence-corrected chi connectivity index (χ4v) is 1.15. The van der Waals surface area contributed by atoms with Crippen molar-refractivity contribution in [3.05, 3.63) is 24.3 Å². The average Bonchev–Trinajstić information content (AvgIpc) is 2.47. The van der Waals surface area contributed by atoms with Gasteiger partial charge in [-0.05, 0) is 5.92 Å². The third-order valence-corrected chi connectivity index (χ3v) is 1.78. The Morgan fingerprint density at radius 2 is 2.08 bits per heavy atom. The van der Waals surface area contributed by atoms with Gasteiger partial charge in [0.05, 0.1) is 24.3 Å². The lowest BCUT2D eigenvalue weighted by Crippen LogP contribution is -1.99. The number of imidazole rings is 1. The molecule has 0 saturated heterocycles. The van der Waals surface area contributed by atoms with E-state index in [4.69, 9.17) is 0 Å². The molecule has 0 atom stereocenters.